The summed E-state index contributed by atoms with van der Waals surface area (Å²) in [4.78, 5) is 4.12. The monoisotopic (exact) mass is 363 g/mol. The minimum absolute atomic E-state index is 0. The summed E-state index contributed by atoms with van der Waals surface area (Å²) in [7, 11) is 0. The second-order valence-corrected chi connectivity index (χ2v) is 4.17. The molecular weight excluding hydrogens is 341 g/mol. The van der Waals surface area contributed by atoms with Crippen molar-refractivity contribution in [3.05, 3.63) is 30.3 Å². The van der Waals surface area contributed by atoms with Crippen LogP contribution in [0.15, 0.2) is 35.3 Å². The summed E-state index contributed by atoms with van der Waals surface area (Å²) in [5, 5.41) is 12.7. The average molecular weight is 363 g/mol. The highest BCUT2D eigenvalue weighted by Crippen LogP contribution is 2.08. The highest BCUT2D eigenvalue weighted by Gasteiger charge is 2.11. The Hall–Kier alpha value is -0.820. The van der Waals surface area contributed by atoms with E-state index in [1.54, 1.807) is 0 Å². The molecule has 0 radical (unpaired) electrons. The zero-order chi connectivity index (χ0) is 12.7. The van der Waals surface area contributed by atoms with Crippen molar-refractivity contribution in [2.45, 2.75) is 26.4 Å². The fourth-order valence-electron chi connectivity index (χ4n) is 1.35. The number of guanidine groups is 1. The Kier molecular flexibility index (Phi) is 8.74. The van der Waals surface area contributed by atoms with E-state index in [0.717, 1.165) is 12.1 Å². The zero-order valence-corrected chi connectivity index (χ0v) is 13.2. The van der Waals surface area contributed by atoms with Crippen LogP contribution >= 0.6 is 24.0 Å². The molecule has 0 aliphatic rings. The number of hydrogen-bond donors (Lipinski definition) is 3. The van der Waals surface area contributed by atoms with Gasteiger partial charge in [0, 0.05) is 5.69 Å². The molecule has 0 spiro atoms. The summed E-state index contributed by atoms with van der Waals surface area (Å²) in [6, 6.07) is 9.60. The third-order valence-corrected chi connectivity index (χ3v) is 2.80. The molecular formula is C13H22IN3O. The summed E-state index contributed by atoms with van der Waals surface area (Å²) < 4.78 is 0. The Morgan fingerprint density at radius 2 is 2.00 bits per heavy atom. The van der Waals surface area contributed by atoms with Crippen LogP contribution in [0.25, 0.3) is 0 Å². The van der Waals surface area contributed by atoms with Crippen molar-refractivity contribution in [2.24, 2.45) is 16.6 Å². The normalized spacial score (nSPS) is 14.5. The number of anilines is 1. The number of halogens is 1. The molecule has 0 aliphatic heterocycles. The van der Waals surface area contributed by atoms with Gasteiger partial charge in [0.25, 0.3) is 0 Å². The lowest BCUT2D eigenvalue weighted by atomic mass is 10.0. The van der Waals surface area contributed by atoms with Crippen molar-refractivity contribution in [2.75, 3.05) is 11.9 Å². The van der Waals surface area contributed by atoms with Crippen LogP contribution in [-0.2, 0) is 0 Å². The SMILES string of the molecule is CCC(C)C(O)CN=C(N)Nc1ccccc1.I. The lowest BCUT2D eigenvalue weighted by Crippen LogP contribution is -2.27. The van der Waals surface area contributed by atoms with Crippen LogP contribution in [0.1, 0.15) is 20.3 Å². The fourth-order valence-corrected chi connectivity index (χ4v) is 1.35. The predicted octanol–water partition coefficient (Wildman–Crippen LogP) is 2.44. The standard InChI is InChI=1S/C13H21N3O.HI/c1-3-10(2)12(17)9-15-13(14)16-11-7-5-4-6-8-11;/h4-8,10,12,17H,3,9H2,1-2H3,(H3,14,15,16);1H. The van der Waals surface area contributed by atoms with Crippen molar-refractivity contribution in [3.63, 3.8) is 0 Å². The van der Waals surface area contributed by atoms with E-state index in [-0.39, 0.29) is 29.9 Å². The van der Waals surface area contributed by atoms with Crippen molar-refractivity contribution < 1.29 is 5.11 Å². The third-order valence-electron chi connectivity index (χ3n) is 2.80. The number of hydrogen-bond acceptors (Lipinski definition) is 2. The number of nitrogens with two attached hydrogens (primary N) is 1. The van der Waals surface area contributed by atoms with Gasteiger partial charge in [-0.2, -0.15) is 0 Å². The molecule has 2 unspecified atom stereocenters. The minimum atomic E-state index is -0.434. The van der Waals surface area contributed by atoms with E-state index in [4.69, 9.17) is 5.73 Å². The molecule has 1 aromatic carbocycles. The van der Waals surface area contributed by atoms with E-state index >= 15 is 0 Å². The van der Waals surface area contributed by atoms with E-state index in [2.05, 4.69) is 10.3 Å². The van der Waals surface area contributed by atoms with Crippen LogP contribution in [0.5, 0.6) is 0 Å². The van der Waals surface area contributed by atoms with Gasteiger partial charge in [0.05, 0.1) is 12.6 Å². The van der Waals surface area contributed by atoms with Crippen LogP contribution in [0.4, 0.5) is 5.69 Å². The first-order valence-corrected chi connectivity index (χ1v) is 5.93. The molecule has 0 saturated heterocycles. The Morgan fingerprint density at radius 3 is 2.56 bits per heavy atom. The number of aliphatic imine (C=N–C) groups is 1. The predicted molar refractivity (Wildman–Crippen MR) is 87.4 cm³/mol. The summed E-state index contributed by atoms with van der Waals surface area (Å²) in [6.07, 6.45) is 0.499. The van der Waals surface area contributed by atoms with Gasteiger partial charge in [-0.3, -0.25) is 4.99 Å². The van der Waals surface area contributed by atoms with Crippen molar-refractivity contribution in [1.82, 2.24) is 0 Å². The van der Waals surface area contributed by atoms with Crippen molar-refractivity contribution in [1.29, 1.82) is 0 Å². The molecule has 2 atom stereocenters. The molecule has 0 heterocycles. The van der Waals surface area contributed by atoms with E-state index in [9.17, 15) is 5.11 Å². The topological polar surface area (TPSA) is 70.6 Å². The second kappa shape index (κ2) is 9.16. The summed E-state index contributed by atoms with van der Waals surface area (Å²) in [5.41, 5.74) is 6.62. The highest BCUT2D eigenvalue weighted by atomic mass is 127. The van der Waals surface area contributed by atoms with Crippen molar-refractivity contribution in [3.8, 4) is 0 Å². The summed E-state index contributed by atoms with van der Waals surface area (Å²) >= 11 is 0. The smallest absolute Gasteiger partial charge is 0.193 e. The Bertz CT molecular complexity index is 357. The number of nitrogens with zero attached hydrogens (tertiary/aromatic N) is 1. The number of aliphatic hydroxyl groups is 1. The molecule has 0 aliphatic carbocycles. The fraction of sp³-hybridized carbons (Fsp3) is 0.462. The number of rotatable bonds is 5. The second-order valence-electron chi connectivity index (χ2n) is 4.17. The van der Waals surface area contributed by atoms with E-state index in [1.807, 2.05) is 44.2 Å². The molecule has 1 rings (SSSR count). The number of benzene rings is 1. The summed E-state index contributed by atoms with van der Waals surface area (Å²) in [6.45, 7) is 4.38. The Balaban J connectivity index is 0.00000289. The number of aliphatic hydroxyl groups excluding tert-OH is 1. The van der Waals surface area contributed by atoms with Crippen LogP contribution in [-0.4, -0.2) is 23.7 Å². The van der Waals surface area contributed by atoms with E-state index in [1.165, 1.54) is 0 Å². The summed E-state index contributed by atoms with van der Waals surface area (Å²) in [5.74, 6) is 0.571. The van der Waals surface area contributed by atoms with Crippen LogP contribution in [0, 0.1) is 5.92 Å². The highest BCUT2D eigenvalue weighted by molar-refractivity contribution is 14.0. The number of nitrogens with one attached hydrogen (secondary N) is 1. The Labute approximate surface area is 126 Å². The first-order valence-electron chi connectivity index (χ1n) is 5.93. The maximum absolute atomic E-state index is 9.74. The molecule has 0 bridgehead atoms. The molecule has 102 valence electrons. The first kappa shape index (κ1) is 17.2. The lowest BCUT2D eigenvalue weighted by molar-refractivity contribution is 0.123. The molecule has 18 heavy (non-hydrogen) atoms. The Morgan fingerprint density at radius 1 is 1.39 bits per heavy atom. The largest absolute Gasteiger partial charge is 0.391 e. The van der Waals surface area contributed by atoms with Crippen LogP contribution < -0.4 is 11.1 Å². The van der Waals surface area contributed by atoms with Gasteiger partial charge < -0.3 is 16.2 Å². The average Bonchev–Trinajstić information content (AvgIpc) is 2.36. The van der Waals surface area contributed by atoms with Gasteiger partial charge in [0.1, 0.15) is 0 Å². The molecule has 4 N–H and O–H groups in total. The van der Waals surface area contributed by atoms with Gasteiger partial charge in [0.2, 0.25) is 0 Å². The van der Waals surface area contributed by atoms with Gasteiger partial charge in [-0.25, -0.2) is 0 Å². The maximum atomic E-state index is 9.74. The molecule has 0 amide bonds. The van der Waals surface area contributed by atoms with Gasteiger partial charge >= 0.3 is 0 Å². The quantitative estimate of drug-likeness (QED) is 0.428. The van der Waals surface area contributed by atoms with Gasteiger partial charge in [-0.15, -0.1) is 24.0 Å². The first-order chi connectivity index (χ1) is 8.13. The van der Waals surface area contributed by atoms with E-state index < -0.39 is 6.10 Å². The van der Waals surface area contributed by atoms with Crippen LogP contribution in [0.2, 0.25) is 0 Å². The lowest BCUT2D eigenvalue weighted by Gasteiger charge is -2.15. The van der Waals surface area contributed by atoms with Gasteiger partial charge in [0.15, 0.2) is 5.96 Å². The van der Waals surface area contributed by atoms with Crippen molar-refractivity contribution >= 4 is 35.6 Å². The molecule has 0 saturated carbocycles. The molecule has 4 nitrogen and oxygen atoms in total. The minimum Gasteiger partial charge on any atom is -0.391 e. The molecule has 0 fully saturated rings. The molecule has 1 aromatic rings. The van der Waals surface area contributed by atoms with E-state index in [0.29, 0.717) is 12.5 Å². The number of para-hydroxylation sites is 1. The molecule has 0 aromatic heterocycles. The molecule has 5 heteroatoms. The zero-order valence-electron chi connectivity index (χ0n) is 10.8. The van der Waals surface area contributed by atoms with Gasteiger partial charge in [-0.1, -0.05) is 38.5 Å². The van der Waals surface area contributed by atoms with Gasteiger partial charge in [-0.05, 0) is 18.1 Å². The maximum Gasteiger partial charge on any atom is 0.193 e. The van der Waals surface area contributed by atoms with Crippen LogP contribution in [0.3, 0.4) is 0 Å². The third kappa shape index (κ3) is 6.20.